The quantitative estimate of drug-likeness (QED) is 0.158. The van der Waals surface area contributed by atoms with Crippen LogP contribution in [-0.4, -0.2) is 33.6 Å². The molecule has 448 valence electrons. The van der Waals surface area contributed by atoms with Crippen LogP contribution in [0.5, 0.6) is 0 Å². The number of thiophene rings is 1. The van der Waals surface area contributed by atoms with Gasteiger partial charge in [-0.2, -0.15) is 0 Å². The molecule has 8 aromatic heterocycles. The third kappa shape index (κ3) is 8.56. The lowest BCUT2D eigenvalue weighted by Crippen LogP contribution is -2.03. The number of benzene rings is 13. The van der Waals surface area contributed by atoms with Crippen molar-refractivity contribution in [2.24, 2.45) is 0 Å². The van der Waals surface area contributed by atoms with E-state index in [0.717, 1.165) is 122 Å². The minimum atomic E-state index is 0.612. The van der Waals surface area contributed by atoms with Crippen LogP contribution in [0.3, 0.4) is 0 Å². The average molecular weight is 1250 g/mol. The van der Waals surface area contributed by atoms with Gasteiger partial charge in [0.25, 0.3) is 0 Å². The lowest BCUT2D eigenvalue weighted by atomic mass is 10.1. The van der Waals surface area contributed by atoms with Gasteiger partial charge in [-0.15, -0.1) is 11.3 Å². The van der Waals surface area contributed by atoms with Crippen LogP contribution in [0.15, 0.2) is 318 Å². The Kier molecular flexibility index (Phi) is 12.0. The molecule has 96 heavy (non-hydrogen) atoms. The first kappa shape index (κ1) is 53.9. The van der Waals surface area contributed by atoms with Crippen molar-refractivity contribution in [1.29, 1.82) is 0 Å². The molecule has 0 fully saturated rings. The molecule has 0 bridgehead atoms. The van der Waals surface area contributed by atoms with E-state index in [0.29, 0.717) is 11.9 Å². The Labute approximate surface area is 551 Å². The van der Waals surface area contributed by atoms with Crippen LogP contribution >= 0.6 is 11.3 Å². The van der Waals surface area contributed by atoms with Gasteiger partial charge in [0.1, 0.15) is 22.3 Å². The van der Waals surface area contributed by atoms with E-state index in [4.69, 9.17) is 28.8 Å². The fourth-order valence-corrected chi connectivity index (χ4v) is 15.7. The van der Waals surface area contributed by atoms with E-state index < -0.39 is 0 Å². The summed E-state index contributed by atoms with van der Waals surface area (Å²) in [5.41, 5.74) is 18.9. The summed E-state index contributed by atoms with van der Waals surface area (Å²) in [5, 5.41) is 14.0. The number of hydrogen-bond donors (Lipinski definition) is 0. The van der Waals surface area contributed by atoms with Crippen molar-refractivity contribution in [2.75, 3.05) is 0 Å². The van der Waals surface area contributed by atoms with Crippen molar-refractivity contribution in [3.8, 4) is 62.6 Å². The zero-order valence-electron chi connectivity index (χ0n) is 51.3. The summed E-state index contributed by atoms with van der Waals surface area (Å²) >= 11 is 1.85. The number of furan rings is 2. The third-order valence-electron chi connectivity index (χ3n) is 18.9. The molecule has 0 saturated heterocycles. The van der Waals surface area contributed by atoms with E-state index >= 15 is 0 Å². The largest absolute Gasteiger partial charge is 0.456 e. The third-order valence-corrected chi connectivity index (χ3v) is 20.1. The highest BCUT2D eigenvalue weighted by molar-refractivity contribution is 7.26. The number of fused-ring (bicyclic) bond motifs is 18. The molecule has 10 heteroatoms. The summed E-state index contributed by atoms with van der Waals surface area (Å²) < 4.78 is 22.0. The number of nitrogens with zero attached hydrogens (tertiary/aromatic N) is 7. The molecule has 9 nitrogen and oxygen atoms in total. The van der Waals surface area contributed by atoms with Crippen molar-refractivity contribution in [3.05, 3.63) is 309 Å². The SMILES string of the molecule is c1ccc(-c2cc(-c3ccccc3)nc(-n3c4ccccc4c4cc5c(cc43)oc3cc4oc6ccccc6c4cc35)n2)cc1.c1ccc(-c2cc(-c3ccccc3)nc(-n3c4ccccc4c4cc5c(cc43)sc3cc4c(cc35)c3ccccc3n4-c3ccccc3)n2)cc1. The lowest BCUT2D eigenvalue weighted by Gasteiger charge is -2.11. The summed E-state index contributed by atoms with van der Waals surface area (Å²) in [7, 11) is 0. The molecule has 13 aromatic carbocycles. The molecule has 0 unspecified atom stereocenters. The second-order valence-electron chi connectivity index (χ2n) is 24.5. The highest BCUT2D eigenvalue weighted by atomic mass is 32.1. The minimum absolute atomic E-state index is 0.612. The molecule has 21 rings (SSSR count). The van der Waals surface area contributed by atoms with Crippen molar-refractivity contribution < 1.29 is 8.83 Å². The summed E-state index contributed by atoms with van der Waals surface area (Å²) in [6.45, 7) is 0. The molecule has 0 spiro atoms. The summed E-state index contributed by atoms with van der Waals surface area (Å²) in [6, 6.07) is 108. The van der Waals surface area contributed by atoms with Gasteiger partial charge >= 0.3 is 0 Å². The van der Waals surface area contributed by atoms with Gasteiger partial charge in [0, 0.05) is 114 Å². The van der Waals surface area contributed by atoms with Gasteiger partial charge in [0.2, 0.25) is 11.9 Å². The molecule has 21 aromatic rings. The van der Waals surface area contributed by atoms with Crippen molar-refractivity contribution >= 4 is 141 Å². The van der Waals surface area contributed by atoms with Gasteiger partial charge in [-0.1, -0.05) is 212 Å². The monoisotopic (exact) mass is 1250 g/mol. The van der Waals surface area contributed by atoms with Crippen LogP contribution in [0.2, 0.25) is 0 Å². The van der Waals surface area contributed by atoms with Gasteiger partial charge in [0.05, 0.1) is 55.9 Å². The molecule has 0 amide bonds. The van der Waals surface area contributed by atoms with Crippen LogP contribution in [-0.2, 0) is 0 Å². The molecule has 0 N–H and O–H groups in total. The van der Waals surface area contributed by atoms with E-state index in [-0.39, 0.29) is 0 Å². The van der Waals surface area contributed by atoms with E-state index in [1.807, 2.05) is 84.1 Å². The van der Waals surface area contributed by atoms with Crippen molar-refractivity contribution in [1.82, 2.24) is 33.6 Å². The summed E-state index contributed by atoms with van der Waals surface area (Å²) in [5.74, 6) is 1.27. The van der Waals surface area contributed by atoms with Crippen molar-refractivity contribution in [3.63, 3.8) is 0 Å². The van der Waals surface area contributed by atoms with Gasteiger partial charge in [-0.25, -0.2) is 19.9 Å². The summed E-state index contributed by atoms with van der Waals surface area (Å²) in [4.78, 5) is 20.8. The van der Waals surface area contributed by atoms with Crippen LogP contribution in [0.25, 0.3) is 192 Å². The second-order valence-corrected chi connectivity index (χ2v) is 25.6. The maximum Gasteiger partial charge on any atom is 0.235 e. The van der Waals surface area contributed by atoms with Gasteiger partial charge in [0.15, 0.2) is 0 Å². The minimum Gasteiger partial charge on any atom is -0.456 e. The smallest absolute Gasteiger partial charge is 0.235 e. The maximum absolute atomic E-state index is 6.52. The van der Waals surface area contributed by atoms with Gasteiger partial charge in [-0.05, 0) is 84.9 Å². The topological polar surface area (TPSA) is 92.6 Å². The summed E-state index contributed by atoms with van der Waals surface area (Å²) in [6.07, 6.45) is 0. The Morgan fingerprint density at radius 1 is 0.219 bits per heavy atom. The number of aromatic nitrogens is 7. The van der Waals surface area contributed by atoms with Gasteiger partial charge in [-0.3, -0.25) is 9.13 Å². The molecular formula is C86H51N7O2S. The fourth-order valence-electron chi connectivity index (χ4n) is 14.5. The Morgan fingerprint density at radius 3 is 1.00 bits per heavy atom. The van der Waals surface area contributed by atoms with Crippen LogP contribution in [0, 0.1) is 0 Å². The van der Waals surface area contributed by atoms with E-state index in [1.165, 1.54) is 58.4 Å². The maximum atomic E-state index is 6.52. The Morgan fingerprint density at radius 2 is 0.542 bits per heavy atom. The Bertz CT molecular complexity index is 6570. The lowest BCUT2D eigenvalue weighted by molar-refractivity contribution is 0.656. The zero-order chi connectivity index (χ0) is 63.0. The first-order chi connectivity index (χ1) is 47.6. The van der Waals surface area contributed by atoms with Crippen LogP contribution in [0.1, 0.15) is 0 Å². The molecule has 0 saturated carbocycles. The van der Waals surface area contributed by atoms with E-state index in [2.05, 4.69) is 250 Å². The first-order valence-corrected chi connectivity index (χ1v) is 33.0. The molecular weight excluding hydrogens is 1200 g/mol. The average Bonchev–Trinajstić information content (AvgIpc) is 1.57. The predicted octanol–water partition coefficient (Wildman–Crippen LogP) is 23.1. The van der Waals surface area contributed by atoms with E-state index in [1.54, 1.807) is 0 Å². The number of para-hydroxylation sites is 5. The Hall–Kier alpha value is -12.8. The fraction of sp³-hybridized carbons (Fsp3) is 0. The normalized spacial score (nSPS) is 12.0. The predicted molar refractivity (Wildman–Crippen MR) is 396 cm³/mol. The number of rotatable bonds is 7. The number of hydrogen-bond acceptors (Lipinski definition) is 7. The molecule has 0 aliphatic carbocycles. The Balaban J connectivity index is 0.000000132. The van der Waals surface area contributed by atoms with Crippen LogP contribution in [0.4, 0.5) is 0 Å². The molecule has 0 radical (unpaired) electrons. The molecule has 0 aliphatic heterocycles. The van der Waals surface area contributed by atoms with Crippen LogP contribution < -0.4 is 0 Å². The molecule has 8 heterocycles. The van der Waals surface area contributed by atoms with Crippen molar-refractivity contribution in [2.45, 2.75) is 0 Å². The zero-order valence-corrected chi connectivity index (χ0v) is 52.1. The highest BCUT2D eigenvalue weighted by Crippen LogP contribution is 2.46. The molecule has 0 atom stereocenters. The molecule has 0 aliphatic rings. The second kappa shape index (κ2) is 21.4. The first-order valence-electron chi connectivity index (χ1n) is 32.2. The van der Waals surface area contributed by atoms with Gasteiger partial charge < -0.3 is 13.4 Å². The highest BCUT2D eigenvalue weighted by Gasteiger charge is 2.24. The standard InChI is InChI=1S/C46H28N4S.C40H23N3O2/c1-4-14-29(15-5-1)38-26-39(30-16-6-2-7-17-30)48-46(47-38)50-41-23-13-11-21-33(41)35-25-37-36-24-34-32-20-10-12-22-40(32)49(31-18-8-3-9-19-31)42(34)27-44(36)51-45(37)28-43(35)50;1-3-11-24(12-4-1)32-21-33(25-13-5-2-6-14-25)42-40(41-32)43-34-17-9-7-15-26(34)28-19-30-31-20-29-27-16-8-10-18-36(27)44-38(29)23-39(31)45-37(30)22-35(28)43/h1-28H;1-23H. The van der Waals surface area contributed by atoms with E-state index in [9.17, 15) is 0 Å².